The molecule has 0 aromatic heterocycles. The molecule has 0 heterocycles. The van der Waals surface area contributed by atoms with Crippen molar-refractivity contribution in [3.63, 3.8) is 0 Å². The standard InChI is InChI=1S/C18H12F3N.C8H8.4CO.2Fe/c19-18(20,21)16-8-5-13(6-9-16)12-22-17-10-7-14-3-1-2-4-15(14)11-17;1-2-4-6-8-7-5-3-1;4*1-2;;/h1-11,22H;1-8H;;;;;;/b;2-1-,3-1?,4-2?,5-3-,6-4-,7-5?,8-6?,8-7-;;;;;;. The quantitative estimate of drug-likeness (QED) is 0.188. The summed E-state index contributed by atoms with van der Waals surface area (Å²) in [6.45, 7) is 18.0. The molecule has 0 aliphatic heterocycles. The van der Waals surface area contributed by atoms with Gasteiger partial charge in [0.2, 0.25) is 0 Å². The van der Waals surface area contributed by atoms with Crippen molar-refractivity contribution < 1.29 is 64.4 Å². The summed E-state index contributed by atoms with van der Waals surface area (Å²) in [6.07, 6.45) is 11.7. The van der Waals surface area contributed by atoms with Crippen LogP contribution in [-0.2, 0) is 57.4 Å². The van der Waals surface area contributed by atoms with Crippen molar-refractivity contribution in [3.05, 3.63) is 153 Å². The Kier molecular flexibility index (Phi) is 26.1. The van der Waals surface area contributed by atoms with Crippen LogP contribution < -0.4 is 5.32 Å². The van der Waals surface area contributed by atoms with Gasteiger partial charge >= 0.3 is 184 Å². The van der Waals surface area contributed by atoms with Gasteiger partial charge in [0.05, 0.1) is 0 Å². The number of allylic oxidation sites excluding steroid dienone is 8. The molecule has 1 N–H and O–H groups in total. The third kappa shape index (κ3) is 16.3. The predicted molar refractivity (Wildman–Crippen MR) is 135 cm³/mol. The smallest absolute Gasteiger partial charge is 0 e. The van der Waals surface area contributed by atoms with E-state index < -0.39 is 11.7 Å². The Morgan fingerprint density at radius 3 is 1.40 bits per heavy atom. The van der Waals surface area contributed by atoms with Crippen LogP contribution in [0, 0.1) is 26.6 Å². The third-order valence-corrected chi connectivity index (χ3v) is 4.80. The summed E-state index contributed by atoms with van der Waals surface area (Å²) < 4.78 is 68.3. The number of benzene rings is 3. The maximum Gasteiger partial charge on any atom is 0 e. The van der Waals surface area contributed by atoms with Gasteiger partial charge in [0.25, 0.3) is 0 Å². The zero-order valence-electron chi connectivity index (χ0n) is 20.4. The minimum Gasteiger partial charge on any atom is 0 e. The first-order valence-electron chi connectivity index (χ1n) is 10.4. The van der Waals surface area contributed by atoms with E-state index in [4.69, 9.17) is 18.6 Å². The van der Waals surface area contributed by atoms with Crippen molar-refractivity contribution in [2.75, 3.05) is 5.32 Å². The van der Waals surface area contributed by atoms with Crippen LogP contribution in [0.5, 0.6) is 0 Å². The summed E-state index contributed by atoms with van der Waals surface area (Å²) in [5.41, 5.74) is 0.791. The Labute approximate surface area is 249 Å². The average molecular weight is 627 g/mol. The van der Waals surface area contributed by atoms with Crippen molar-refractivity contribution in [2.45, 2.75) is 6.18 Å². The molecule has 4 rings (SSSR count). The maximum absolute atomic E-state index is 12.6. The number of halogens is 3. The molecule has 0 saturated heterocycles. The topological polar surface area (TPSA) is 91.6 Å². The fourth-order valence-corrected chi connectivity index (χ4v) is 3.12. The van der Waals surface area contributed by atoms with E-state index in [1.165, 1.54) is 12.1 Å². The summed E-state index contributed by atoms with van der Waals surface area (Å²) in [4.78, 5) is 0. The van der Waals surface area contributed by atoms with Crippen LogP contribution in [0.4, 0.5) is 18.9 Å². The van der Waals surface area contributed by atoms with Gasteiger partial charge in [-0.25, -0.2) is 0 Å². The second-order valence-corrected chi connectivity index (χ2v) is 7.16. The van der Waals surface area contributed by atoms with Gasteiger partial charge in [0, 0.05) is 17.1 Å². The Morgan fingerprint density at radius 1 is 0.600 bits per heavy atom. The van der Waals surface area contributed by atoms with Gasteiger partial charge in [-0.2, -0.15) is 0 Å². The molecule has 10 heteroatoms. The van der Waals surface area contributed by atoms with Crippen LogP contribution in [0.15, 0.2) is 115 Å². The Balaban J connectivity index is -0.000000676. The second-order valence-electron chi connectivity index (χ2n) is 6.60. The van der Waals surface area contributed by atoms with Crippen LogP contribution in [-0.4, -0.2) is 4.54 Å². The summed E-state index contributed by atoms with van der Waals surface area (Å²) in [7, 11) is 0. The molecule has 0 saturated carbocycles. The largest absolute Gasteiger partial charge is 0 e. The fraction of sp³-hybridized carbons (Fsp3) is 0.0333. The van der Waals surface area contributed by atoms with E-state index in [-0.39, 0.29) is 17.1 Å². The van der Waals surface area contributed by atoms with E-state index in [1.54, 1.807) is 0 Å². The second kappa shape index (κ2) is 25.6. The summed E-state index contributed by atoms with van der Waals surface area (Å²) >= 11 is 3.90. The molecule has 0 amide bonds. The molecule has 3 aromatic carbocycles. The summed E-state index contributed by atoms with van der Waals surface area (Å²) in [6, 6.07) is 18.8. The van der Waals surface area contributed by atoms with Gasteiger partial charge in [-0.3, -0.25) is 0 Å². The first kappa shape index (κ1) is 40.8. The summed E-state index contributed by atoms with van der Waals surface area (Å²) in [5, 5.41) is 5.34. The summed E-state index contributed by atoms with van der Waals surface area (Å²) in [5.74, 6) is 0. The average Bonchev–Trinajstić information content (AvgIpc) is 2.97. The molecule has 0 radical (unpaired) electrons. The van der Waals surface area contributed by atoms with E-state index in [1.807, 2.05) is 91.1 Å². The van der Waals surface area contributed by atoms with Crippen LogP contribution >= 0.6 is 0 Å². The molecule has 206 valence electrons. The van der Waals surface area contributed by atoms with Crippen LogP contribution in [0.2, 0.25) is 0 Å². The number of alkyl halides is 3. The first-order valence-corrected chi connectivity index (χ1v) is 10.9. The zero-order chi connectivity index (χ0) is 30.1. The van der Waals surface area contributed by atoms with Gasteiger partial charge in [-0.15, -0.1) is 0 Å². The molecule has 40 heavy (non-hydrogen) atoms. The number of nitrogens with one attached hydrogen (secondary N) is 1. The maximum atomic E-state index is 12.6. The molecular weight excluding hydrogens is 607 g/mol. The zero-order valence-corrected chi connectivity index (χ0v) is 22.7. The van der Waals surface area contributed by atoms with Crippen LogP contribution in [0.3, 0.4) is 0 Å². The van der Waals surface area contributed by atoms with E-state index >= 15 is 0 Å². The third-order valence-electron chi connectivity index (χ3n) is 4.35. The van der Waals surface area contributed by atoms with Crippen molar-refractivity contribution in [1.29, 1.82) is 0 Å². The fourth-order valence-electron chi connectivity index (χ4n) is 2.78. The number of rotatable bonds is 3. The molecule has 0 bridgehead atoms. The van der Waals surface area contributed by atoms with Gasteiger partial charge in [0.1, 0.15) is 0 Å². The minimum absolute atomic E-state index is 0. The molecule has 5 nitrogen and oxygen atoms in total. The SMILES string of the molecule is C1=C\C=C/C=C\C=C/1.FC(F)(F)c1ccc([C](=[Fe])Nc2ccc3ccccc3c2)cc1.[C-]#[O+].[C-]#[O+].[C-]#[O+].[C-]#[O+].[Fe]. The number of anilines is 1. The van der Waals surface area contributed by atoms with E-state index in [0.29, 0.717) is 10.1 Å². The van der Waals surface area contributed by atoms with Crippen molar-refractivity contribution in [3.8, 4) is 0 Å². The van der Waals surface area contributed by atoms with Crippen molar-refractivity contribution in [2.24, 2.45) is 0 Å². The van der Waals surface area contributed by atoms with Gasteiger partial charge in [-0.05, 0) is 0 Å². The van der Waals surface area contributed by atoms with Gasteiger partial charge in [-0.1, -0.05) is 48.6 Å². The van der Waals surface area contributed by atoms with Crippen LogP contribution in [0.25, 0.3) is 10.8 Å². The molecule has 0 unspecified atom stereocenters. The Morgan fingerprint density at radius 2 is 1.00 bits per heavy atom. The van der Waals surface area contributed by atoms with E-state index in [9.17, 15) is 13.2 Å². The molecular formula is C30H20F3Fe2NO4. The first-order chi connectivity index (χ1) is 18.9. The predicted octanol–water partition coefficient (Wildman–Crippen LogP) is 7.07. The monoisotopic (exact) mass is 627 g/mol. The Hall–Kier alpha value is -3.66. The van der Waals surface area contributed by atoms with Crippen molar-refractivity contribution >= 4 is 21.0 Å². The van der Waals surface area contributed by atoms with E-state index in [0.717, 1.165) is 28.6 Å². The number of fused-ring (bicyclic) bond motifs is 1. The molecule has 1 aliphatic carbocycles. The van der Waals surface area contributed by atoms with Crippen molar-refractivity contribution in [1.82, 2.24) is 0 Å². The molecule has 1 aliphatic rings. The number of hydrogen-bond acceptors (Lipinski definition) is 1. The molecule has 0 spiro atoms. The van der Waals surface area contributed by atoms with Gasteiger partial charge < -0.3 is 0 Å². The Bertz CT molecular complexity index is 1270. The van der Waals surface area contributed by atoms with E-state index in [2.05, 4.69) is 47.5 Å². The molecule has 0 fully saturated rings. The van der Waals surface area contributed by atoms with Gasteiger partial charge in [0.15, 0.2) is 0 Å². The minimum atomic E-state index is -4.33. The normalized spacial score (nSPS) is 13.2. The molecule has 0 atom stereocenters. The van der Waals surface area contributed by atoms with Crippen LogP contribution in [0.1, 0.15) is 11.1 Å². The number of hydrogen-bond donors (Lipinski definition) is 1. The molecule has 3 aromatic rings.